The predicted molar refractivity (Wildman–Crippen MR) is 117 cm³/mol. The molecule has 3 heterocycles. The molecule has 164 valence electrons. The molecule has 2 fully saturated rings. The molecule has 2 atom stereocenters. The SMILES string of the molecule is C[C@H]1C[C@H](C)CN(C(=O)CSc2nc3cc(S(=O)(=O)N4CCCCC4)ccc3o2)C1. The third-order valence-electron chi connectivity index (χ3n) is 5.83. The van der Waals surface area contributed by atoms with Gasteiger partial charge >= 0.3 is 0 Å². The van der Waals surface area contributed by atoms with Crippen LogP contribution in [-0.4, -0.2) is 60.4 Å². The van der Waals surface area contributed by atoms with Gasteiger partial charge in [-0.15, -0.1) is 0 Å². The molecule has 1 amide bonds. The molecule has 0 unspecified atom stereocenters. The van der Waals surface area contributed by atoms with Crippen LogP contribution in [0.25, 0.3) is 11.1 Å². The third-order valence-corrected chi connectivity index (χ3v) is 8.54. The van der Waals surface area contributed by atoms with Crippen LogP contribution in [0.2, 0.25) is 0 Å². The summed E-state index contributed by atoms with van der Waals surface area (Å²) in [6.07, 6.45) is 4.03. The molecule has 4 rings (SSSR count). The Morgan fingerprint density at radius 3 is 2.57 bits per heavy atom. The molecule has 7 nitrogen and oxygen atoms in total. The summed E-state index contributed by atoms with van der Waals surface area (Å²) in [5.41, 5.74) is 1.03. The fourth-order valence-corrected chi connectivity index (χ4v) is 6.72. The summed E-state index contributed by atoms with van der Waals surface area (Å²) < 4.78 is 33.1. The molecule has 0 aliphatic carbocycles. The van der Waals surface area contributed by atoms with Crippen molar-refractivity contribution >= 4 is 38.8 Å². The van der Waals surface area contributed by atoms with Crippen LogP contribution in [0.4, 0.5) is 0 Å². The molecule has 0 saturated carbocycles. The molecule has 30 heavy (non-hydrogen) atoms. The predicted octanol–water partition coefficient (Wildman–Crippen LogP) is 3.60. The quantitative estimate of drug-likeness (QED) is 0.646. The van der Waals surface area contributed by atoms with Crippen molar-refractivity contribution in [3.63, 3.8) is 0 Å². The molecular weight excluding hydrogens is 422 g/mol. The normalized spacial score (nSPS) is 23.7. The van der Waals surface area contributed by atoms with Crippen molar-refractivity contribution < 1.29 is 17.6 Å². The van der Waals surface area contributed by atoms with E-state index in [1.807, 2.05) is 4.90 Å². The number of benzene rings is 1. The number of carbonyl (C=O) groups is 1. The molecule has 0 N–H and O–H groups in total. The Kier molecular flexibility index (Phi) is 6.41. The smallest absolute Gasteiger partial charge is 0.257 e. The number of aromatic nitrogens is 1. The van der Waals surface area contributed by atoms with Gasteiger partial charge in [-0.2, -0.15) is 4.31 Å². The van der Waals surface area contributed by atoms with E-state index in [-0.39, 0.29) is 16.6 Å². The second-order valence-electron chi connectivity index (χ2n) is 8.61. The molecule has 1 aromatic carbocycles. The lowest BCUT2D eigenvalue weighted by atomic mass is 9.92. The number of carbonyl (C=O) groups excluding carboxylic acids is 1. The van der Waals surface area contributed by atoms with Gasteiger partial charge in [0.25, 0.3) is 5.22 Å². The first-order valence-electron chi connectivity index (χ1n) is 10.6. The van der Waals surface area contributed by atoms with Gasteiger partial charge in [0.1, 0.15) is 5.52 Å². The Bertz CT molecular complexity index is 1000. The Balaban J connectivity index is 1.44. The lowest BCUT2D eigenvalue weighted by molar-refractivity contribution is -0.130. The van der Waals surface area contributed by atoms with Crippen molar-refractivity contribution in [3.05, 3.63) is 18.2 Å². The highest BCUT2D eigenvalue weighted by Crippen LogP contribution is 2.28. The first-order valence-corrected chi connectivity index (χ1v) is 13.1. The molecular formula is C21H29N3O4S2. The Labute approximate surface area is 182 Å². The van der Waals surface area contributed by atoms with E-state index in [4.69, 9.17) is 4.42 Å². The van der Waals surface area contributed by atoms with E-state index < -0.39 is 10.0 Å². The minimum atomic E-state index is -3.51. The zero-order valence-corrected chi connectivity index (χ0v) is 19.2. The van der Waals surface area contributed by atoms with Crippen LogP contribution in [0.5, 0.6) is 0 Å². The van der Waals surface area contributed by atoms with Gasteiger partial charge in [0, 0.05) is 26.2 Å². The molecule has 1 aromatic heterocycles. The van der Waals surface area contributed by atoms with Crippen molar-refractivity contribution in [3.8, 4) is 0 Å². The zero-order valence-electron chi connectivity index (χ0n) is 17.5. The van der Waals surface area contributed by atoms with Crippen molar-refractivity contribution in [2.24, 2.45) is 11.8 Å². The minimum Gasteiger partial charge on any atom is -0.431 e. The van der Waals surface area contributed by atoms with E-state index in [9.17, 15) is 13.2 Å². The molecule has 2 aromatic rings. The number of oxazole rings is 1. The van der Waals surface area contributed by atoms with Crippen molar-refractivity contribution in [1.82, 2.24) is 14.2 Å². The average Bonchev–Trinajstić information content (AvgIpc) is 3.14. The first kappa shape index (κ1) is 21.6. The van der Waals surface area contributed by atoms with E-state index in [1.54, 1.807) is 22.5 Å². The molecule has 2 saturated heterocycles. The maximum Gasteiger partial charge on any atom is 0.257 e. The molecule has 2 aliphatic rings. The monoisotopic (exact) mass is 451 g/mol. The highest BCUT2D eigenvalue weighted by atomic mass is 32.2. The number of hydrogen-bond donors (Lipinski definition) is 0. The maximum atomic E-state index is 12.9. The molecule has 0 spiro atoms. The number of rotatable bonds is 5. The van der Waals surface area contributed by atoms with Gasteiger partial charge in [0.05, 0.1) is 10.6 Å². The number of piperidine rings is 2. The Hall–Kier alpha value is -1.58. The summed E-state index contributed by atoms with van der Waals surface area (Å²) in [7, 11) is -3.51. The van der Waals surface area contributed by atoms with Gasteiger partial charge in [-0.05, 0) is 49.3 Å². The summed E-state index contributed by atoms with van der Waals surface area (Å²) >= 11 is 1.26. The summed E-state index contributed by atoms with van der Waals surface area (Å²) in [6, 6.07) is 4.80. The number of nitrogens with zero attached hydrogens (tertiary/aromatic N) is 3. The Morgan fingerprint density at radius 1 is 1.17 bits per heavy atom. The minimum absolute atomic E-state index is 0.0917. The van der Waals surface area contributed by atoms with Gasteiger partial charge < -0.3 is 9.32 Å². The number of thioether (sulfide) groups is 1. The number of fused-ring (bicyclic) bond motifs is 1. The lowest BCUT2D eigenvalue weighted by Crippen LogP contribution is -2.43. The Morgan fingerprint density at radius 2 is 1.87 bits per heavy atom. The number of hydrogen-bond acceptors (Lipinski definition) is 6. The van der Waals surface area contributed by atoms with Gasteiger partial charge in [0.15, 0.2) is 5.58 Å². The van der Waals surface area contributed by atoms with Crippen LogP contribution in [0, 0.1) is 11.8 Å². The highest BCUT2D eigenvalue weighted by molar-refractivity contribution is 7.99. The fourth-order valence-electron chi connectivity index (χ4n) is 4.44. The van der Waals surface area contributed by atoms with Crippen molar-refractivity contribution in [2.75, 3.05) is 31.9 Å². The van der Waals surface area contributed by atoms with E-state index in [0.717, 1.165) is 38.8 Å². The second-order valence-corrected chi connectivity index (χ2v) is 11.5. The maximum absolute atomic E-state index is 12.9. The number of amides is 1. The van der Waals surface area contributed by atoms with Crippen molar-refractivity contribution in [2.45, 2.75) is 49.6 Å². The van der Waals surface area contributed by atoms with E-state index in [0.29, 0.717) is 41.2 Å². The van der Waals surface area contributed by atoms with E-state index in [1.165, 1.54) is 11.8 Å². The van der Waals surface area contributed by atoms with Crippen LogP contribution >= 0.6 is 11.8 Å². The van der Waals surface area contributed by atoms with Crippen LogP contribution in [0.1, 0.15) is 39.5 Å². The molecule has 9 heteroatoms. The summed E-state index contributed by atoms with van der Waals surface area (Å²) in [5, 5.41) is 0.393. The summed E-state index contributed by atoms with van der Waals surface area (Å²) in [5.74, 6) is 1.40. The van der Waals surface area contributed by atoms with Crippen molar-refractivity contribution in [1.29, 1.82) is 0 Å². The van der Waals surface area contributed by atoms with Crippen LogP contribution in [0.3, 0.4) is 0 Å². The third kappa shape index (κ3) is 4.68. The second kappa shape index (κ2) is 8.88. The largest absolute Gasteiger partial charge is 0.431 e. The zero-order chi connectivity index (χ0) is 21.3. The van der Waals surface area contributed by atoms with Gasteiger partial charge in [-0.25, -0.2) is 13.4 Å². The molecule has 0 bridgehead atoms. The highest BCUT2D eigenvalue weighted by Gasteiger charge is 2.27. The standard InChI is InChI=1S/C21H29N3O4S2/c1-15-10-16(2)13-23(12-15)20(25)14-29-21-22-18-11-17(6-7-19(18)28-21)30(26,27)24-8-4-3-5-9-24/h6-7,11,15-16H,3-5,8-10,12-14H2,1-2H3/t15-,16-/m0/s1. The summed E-state index contributed by atoms with van der Waals surface area (Å²) in [6.45, 7) is 7.09. The number of sulfonamides is 1. The van der Waals surface area contributed by atoms with Crippen LogP contribution in [-0.2, 0) is 14.8 Å². The topological polar surface area (TPSA) is 83.7 Å². The van der Waals surface area contributed by atoms with Crippen LogP contribution < -0.4 is 0 Å². The molecule has 2 aliphatic heterocycles. The lowest BCUT2D eigenvalue weighted by Gasteiger charge is -2.34. The summed E-state index contributed by atoms with van der Waals surface area (Å²) in [4.78, 5) is 19.2. The van der Waals surface area contributed by atoms with Gasteiger partial charge in [0.2, 0.25) is 15.9 Å². The molecule has 0 radical (unpaired) electrons. The van der Waals surface area contributed by atoms with Gasteiger partial charge in [-0.3, -0.25) is 4.79 Å². The van der Waals surface area contributed by atoms with Gasteiger partial charge in [-0.1, -0.05) is 32.0 Å². The average molecular weight is 452 g/mol. The van der Waals surface area contributed by atoms with E-state index >= 15 is 0 Å². The van der Waals surface area contributed by atoms with E-state index in [2.05, 4.69) is 18.8 Å². The number of likely N-dealkylation sites (tertiary alicyclic amines) is 1. The first-order chi connectivity index (χ1) is 14.3. The fraction of sp³-hybridized carbons (Fsp3) is 0.619. The van der Waals surface area contributed by atoms with Crippen LogP contribution in [0.15, 0.2) is 32.7 Å².